The van der Waals surface area contributed by atoms with Crippen molar-refractivity contribution in [3.63, 3.8) is 0 Å². The number of rotatable bonds is 22. The third-order valence-electron chi connectivity index (χ3n) is 7.03. The van der Waals surface area contributed by atoms with Gasteiger partial charge in [-0.05, 0) is 112 Å². The van der Waals surface area contributed by atoms with Crippen LogP contribution in [0.3, 0.4) is 0 Å². The van der Waals surface area contributed by atoms with Crippen LogP contribution in [0.4, 0.5) is 8.78 Å². The number of unbranched alkanes of at least 4 members (excludes halogenated alkanes) is 6. The fraction of sp³-hybridized carbons (Fsp3) is 0.316. The van der Waals surface area contributed by atoms with E-state index in [1.807, 2.05) is 0 Å². The first kappa shape index (κ1) is 38.9. The van der Waals surface area contributed by atoms with Gasteiger partial charge in [-0.3, -0.25) is 0 Å². The van der Waals surface area contributed by atoms with Crippen LogP contribution >= 0.6 is 0 Å². The summed E-state index contributed by atoms with van der Waals surface area (Å²) in [6.45, 7) is 7.93. The molecule has 0 radical (unpaired) electrons. The molecule has 10 nitrogen and oxygen atoms in total. The smallest absolute Gasteiger partial charge is 0.343 e. The summed E-state index contributed by atoms with van der Waals surface area (Å²) in [6, 6.07) is 14.1. The topological polar surface area (TPSA) is 124 Å². The highest BCUT2D eigenvalue weighted by Gasteiger charge is 2.19. The Kier molecular flexibility index (Phi) is 16.7. The van der Waals surface area contributed by atoms with Gasteiger partial charge < -0.3 is 28.4 Å². The lowest BCUT2D eigenvalue weighted by molar-refractivity contribution is -0.138. The largest absolute Gasteiger partial charge is 0.494 e. The monoisotopic (exact) mass is 694 g/mol. The summed E-state index contributed by atoms with van der Waals surface area (Å²) in [7, 11) is 0. The van der Waals surface area contributed by atoms with Crippen molar-refractivity contribution in [2.45, 2.75) is 51.4 Å². The molecular weight excluding hydrogens is 654 g/mol. The van der Waals surface area contributed by atoms with Gasteiger partial charge in [-0.15, -0.1) is 0 Å². The number of hydrogen-bond acceptors (Lipinski definition) is 10. The van der Waals surface area contributed by atoms with E-state index in [4.69, 9.17) is 28.4 Å². The average Bonchev–Trinajstić information content (AvgIpc) is 3.13. The number of esters is 4. The summed E-state index contributed by atoms with van der Waals surface area (Å²) < 4.78 is 60.5. The minimum atomic E-state index is -1.37. The molecule has 0 aliphatic rings. The maximum atomic E-state index is 14.6. The molecule has 12 heteroatoms. The second-order valence-electron chi connectivity index (χ2n) is 10.8. The molecule has 3 rings (SSSR count). The van der Waals surface area contributed by atoms with Crippen LogP contribution in [-0.2, 0) is 19.1 Å². The summed E-state index contributed by atoms with van der Waals surface area (Å²) in [4.78, 5) is 47.2. The van der Waals surface area contributed by atoms with Crippen LogP contribution in [-0.4, -0.2) is 50.3 Å². The van der Waals surface area contributed by atoms with Crippen LogP contribution < -0.4 is 18.9 Å². The van der Waals surface area contributed by atoms with Crippen molar-refractivity contribution >= 4 is 23.9 Å². The van der Waals surface area contributed by atoms with E-state index in [9.17, 15) is 28.0 Å². The van der Waals surface area contributed by atoms with Crippen molar-refractivity contribution in [1.82, 2.24) is 0 Å². The minimum Gasteiger partial charge on any atom is -0.494 e. The molecular formula is C38H40F2O10. The standard InChI is InChI=1S/C38H40F2O10/c1-3-33(41)47-25-11-7-5-9-23-45-29-17-13-27(14-18-29)37(43)49-30-19-15-28(16-20-30)38(44)50-32-22-21-31(35(39)36(32)40)46-24-10-6-8-12-26-48-34(42)4-2/h3-4,13-22H,1-2,5-12,23-26H2. The Morgan fingerprint density at radius 2 is 0.920 bits per heavy atom. The first-order chi connectivity index (χ1) is 24.2. The van der Waals surface area contributed by atoms with E-state index in [1.165, 1.54) is 30.3 Å². The van der Waals surface area contributed by atoms with Crippen LogP contribution in [0.15, 0.2) is 86.0 Å². The molecule has 0 N–H and O–H groups in total. The zero-order chi connectivity index (χ0) is 36.1. The van der Waals surface area contributed by atoms with Gasteiger partial charge in [-0.25, -0.2) is 19.2 Å². The highest BCUT2D eigenvalue weighted by Crippen LogP contribution is 2.29. The van der Waals surface area contributed by atoms with E-state index < -0.39 is 41.3 Å². The molecule has 3 aromatic rings. The van der Waals surface area contributed by atoms with Gasteiger partial charge >= 0.3 is 23.9 Å². The SMILES string of the molecule is C=CC(=O)OCCCCCCOc1ccc(C(=O)Oc2ccc(C(=O)Oc3ccc(OCCCCCCOC(=O)C=C)c(F)c3F)cc2)cc1. The first-order valence-corrected chi connectivity index (χ1v) is 16.2. The Bertz CT molecular complexity index is 1590. The average molecular weight is 695 g/mol. The lowest BCUT2D eigenvalue weighted by Crippen LogP contribution is -2.11. The summed E-state index contributed by atoms with van der Waals surface area (Å²) in [6.07, 6.45) is 8.33. The fourth-order valence-electron chi connectivity index (χ4n) is 4.33. The maximum Gasteiger partial charge on any atom is 0.343 e. The van der Waals surface area contributed by atoms with Gasteiger partial charge in [-0.2, -0.15) is 8.78 Å². The lowest BCUT2D eigenvalue weighted by Gasteiger charge is -2.11. The summed E-state index contributed by atoms with van der Waals surface area (Å²) >= 11 is 0. The number of benzene rings is 3. The van der Waals surface area contributed by atoms with Gasteiger partial charge in [-0.1, -0.05) is 13.2 Å². The molecule has 0 aromatic heterocycles. The van der Waals surface area contributed by atoms with Gasteiger partial charge in [0.25, 0.3) is 0 Å². The predicted octanol–water partition coefficient (Wildman–Crippen LogP) is 7.74. The molecule has 0 saturated heterocycles. The van der Waals surface area contributed by atoms with Crippen LogP contribution in [0.25, 0.3) is 0 Å². The van der Waals surface area contributed by atoms with E-state index in [2.05, 4.69) is 13.2 Å². The summed E-state index contributed by atoms with van der Waals surface area (Å²) in [5.41, 5.74) is 0.297. The van der Waals surface area contributed by atoms with Crippen molar-refractivity contribution in [2.24, 2.45) is 0 Å². The molecule has 3 aromatic carbocycles. The van der Waals surface area contributed by atoms with Gasteiger partial charge in [0.15, 0.2) is 11.5 Å². The van der Waals surface area contributed by atoms with E-state index in [-0.39, 0.29) is 35.8 Å². The summed E-state index contributed by atoms with van der Waals surface area (Å²) in [5, 5.41) is 0. The molecule has 0 aliphatic carbocycles. The normalized spacial score (nSPS) is 10.4. The molecule has 0 atom stereocenters. The highest BCUT2D eigenvalue weighted by atomic mass is 19.2. The van der Waals surface area contributed by atoms with Gasteiger partial charge in [0, 0.05) is 12.2 Å². The number of carbonyl (C=O) groups excluding carboxylic acids is 4. The van der Waals surface area contributed by atoms with Crippen molar-refractivity contribution in [2.75, 3.05) is 26.4 Å². The predicted molar refractivity (Wildman–Crippen MR) is 179 cm³/mol. The van der Waals surface area contributed by atoms with Crippen LogP contribution in [0, 0.1) is 11.6 Å². The molecule has 0 heterocycles. The second kappa shape index (κ2) is 21.5. The Hall–Kier alpha value is -5.52. The van der Waals surface area contributed by atoms with E-state index in [0.717, 1.165) is 56.7 Å². The molecule has 0 aliphatic heterocycles. The highest BCUT2D eigenvalue weighted by molar-refractivity contribution is 5.92. The molecule has 50 heavy (non-hydrogen) atoms. The number of carbonyl (C=O) groups is 4. The van der Waals surface area contributed by atoms with Crippen molar-refractivity contribution in [1.29, 1.82) is 0 Å². The number of ether oxygens (including phenoxy) is 6. The van der Waals surface area contributed by atoms with Crippen molar-refractivity contribution in [3.05, 3.63) is 109 Å². The van der Waals surface area contributed by atoms with E-state index in [1.54, 1.807) is 24.3 Å². The number of halogens is 2. The van der Waals surface area contributed by atoms with Crippen molar-refractivity contribution in [3.8, 4) is 23.0 Å². The quantitative estimate of drug-likeness (QED) is 0.0447. The third-order valence-corrected chi connectivity index (χ3v) is 7.03. The second-order valence-corrected chi connectivity index (χ2v) is 10.8. The first-order valence-electron chi connectivity index (χ1n) is 16.2. The number of hydrogen-bond donors (Lipinski definition) is 0. The lowest BCUT2D eigenvalue weighted by atomic mass is 10.2. The fourth-order valence-corrected chi connectivity index (χ4v) is 4.33. The van der Waals surface area contributed by atoms with E-state index >= 15 is 0 Å². The van der Waals surface area contributed by atoms with Crippen molar-refractivity contribution < 1.29 is 56.4 Å². The molecule has 0 bridgehead atoms. The van der Waals surface area contributed by atoms with Gasteiger partial charge in [0.05, 0.1) is 37.6 Å². The van der Waals surface area contributed by atoms with Gasteiger partial charge in [0.2, 0.25) is 11.6 Å². The molecule has 0 unspecified atom stereocenters. The Balaban J connectivity index is 1.38. The van der Waals surface area contributed by atoms with Crippen LogP contribution in [0.2, 0.25) is 0 Å². The van der Waals surface area contributed by atoms with Crippen LogP contribution in [0.5, 0.6) is 23.0 Å². The third kappa shape index (κ3) is 13.5. The zero-order valence-corrected chi connectivity index (χ0v) is 27.7. The Morgan fingerprint density at radius 1 is 0.500 bits per heavy atom. The maximum absolute atomic E-state index is 14.6. The zero-order valence-electron chi connectivity index (χ0n) is 27.7. The molecule has 0 spiro atoms. The van der Waals surface area contributed by atoms with Crippen LogP contribution in [0.1, 0.15) is 72.1 Å². The Labute approximate surface area is 289 Å². The molecule has 266 valence electrons. The molecule has 0 saturated carbocycles. The van der Waals surface area contributed by atoms with Gasteiger partial charge in [0.1, 0.15) is 11.5 Å². The molecule has 0 fully saturated rings. The van der Waals surface area contributed by atoms with E-state index in [0.29, 0.717) is 31.8 Å². The minimum absolute atomic E-state index is 0.0156. The summed E-state index contributed by atoms with van der Waals surface area (Å²) in [5.74, 6) is -5.32. The molecule has 0 amide bonds. The Morgan fingerprint density at radius 3 is 1.44 bits per heavy atom.